The van der Waals surface area contributed by atoms with Crippen LogP contribution in [0.5, 0.6) is 0 Å². The van der Waals surface area contributed by atoms with Crippen molar-refractivity contribution in [2.24, 2.45) is 0 Å². The lowest BCUT2D eigenvalue weighted by atomic mass is 10.2. The molecule has 13 heteroatoms. The molecule has 154 valence electrons. The Bertz CT molecular complexity index is 917. The highest BCUT2D eigenvalue weighted by Gasteiger charge is 2.43. The van der Waals surface area contributed by atoms with E-state index >= 15 is 0 Å². The van der Waals surface area contributed by atoms with E-state index in [1.807, 2.05) is 0 Å². The summed E-state index contributed by atoms with van der Waals surface area (Å²) < 4.78 is 41.7. The van der Waals surface area contributed by atoms with Crippen LogP contribution in [0.4, 0.5) is 9.59 Å². The van der Waals surface area contributed by atoms with Gasteiger partial charge in [-0.2, -0.15) is 18.6 Å². The van der Waals surface area contributed by atoms with Gasteiger partial charge in [-0.3, -0.25) is 4.55 Å². The molecule has 0 aliphatic carbocycles. The van der Waals surface area contributed by atoms with Crippen molar-refractivity contribution in [3.8, 4) is 0 Å². The lowest BCUT2D eigenvalue weighted by Crippen LogP contribution is -2.35. The van der Waals surface area contributed by atoms with Gasteiger partial charge in [0.05, 0.1) is 24.5 Å². The fraction of sp³-hybridized carbons (Fsp3) is 0.533. The van der Waals surface area contributed by atoms with Crippen LogP contribution in [0.2, 0.25) is 0 Å². The number of carbonyl (C=O) groups is 2. The number of hydrogen-bond acceptors (Lipinski definition) is 7. The predicted octanol–water partition coefficient (Wildman–Crippen LogP) is 0.603. The van der Waals surface area contributed by atoms with Crippen molar-refractivity contribution >= 4 is 28.2 Å². The largest absolute Gasteiger partial charge is 0.444 e. The van der Waals surface area contributed by atoms with E-state index in [1.165, 1.54) is 9.58 Å². The molecule has 2 aliphatic rings. The molecule has 2 aliphatic heterocycles. The highest BCUT2D eigenvalue weighted by atomic mass is 32.3. The van der Waals surface area contributed by atoms with Gasteiger partial charge < -0.3 is 15.0 Å². The molecule has 3 rings (SSSR count). The average molecular weight is 415 g/mol. The normalized spacial score (nSPS) is 19.6. The molecule has 1 unspecified atom stereocenters. The van der Waals surface area contributed by atoms with Crippen molar-refractivity contribution in [3.63, 3.8) is 0 Å². The average Bonchev–Trinajstić information content (AvgIpc) is 3.10. The maximum absolute atomic E-state index is 12.2. The topological polar surface area (TPSA) is 143 Å². The first-order valence-corrected chi connectivity index (χ1v) is 9.75. The number of urea groups is 1. The molecule has 28 heavy (non-hydrogen) atoms. The smallest absolute Gasteiger partial charge is 0.418 e. The van der Waals surface area contributed by atoms with E-state index in [-0.39, 0.29) is 19.6 Å². The number of hydroxylamine groups is 2. The maximum Gasteiger partial charge on any atom is 0.418 e. The summed E-state index contributed by atoms with van der Waals surface area (Å²) in [4.78, 5) is 25.2. The minimum atomic E-state index is -4.81. The highest BCUT2D eigenvalue weighted by molar-refractivity contribution is 7.80. The van der Waals surface area contributed by atoms with E-state index < -0.39 is 34.2 Å². The molecule has 0 saturated carbocycles. The van der Waals surface area contributed by atoms with Crippen LogP contribution >= 0.6 is 0 Å². The number of carbonyl (C=O) groups excluding carboxylic acids is 2. The van der Waals surface area contributed by atoms with E-state index in [4.69, 9.17) is 9.29 Å². The summed E-state index contributed by atoms with van der Waals surface area (Å²) in [6.07, 6.45) is 2.72. The SMILES string of the molecule is CC(C)(C)OC(=O)NCc1ccn(C2=CC3CN(C2)C(=O)N3OS(=O)(=O)O)n1. The van der Waals surface area contributed by atoms with Crippen molar-refractivity contribution < 1.29 is 31.6 Å². The monoisotopic (exact) mass is 415 g/mol. The van der Waals surface area contributed by atoms with Gasteiger partial charge >= 0.3 is 22.5 Å². The molecule has 2 N–H and O–H groups in total. The molecular formula is C15H21N5O7S. The van der Waals surface area contributed by atoms with Crippen LogP contribution in [0.3, 0.4) is 0 Å². The molecule has 0 spiro atoms. The van der Waals surface area contributed by atoms with E-state index in [9.17, 15) is 18.0 Å². The summed E-state index contributed by atoms with van der Waals surface area (Å²) in [5.41, 5.74) is 0.582. The van der Waals surface area contributed by atoms with Gasteiger partial charge in [-0.25, -0.2) is 14.3 Å². The molecule has 0 aromatic carbocycles. The Labute approximate surface area is 161 Å². The molecule has 1 fully saturated rings. The first kappa shape index (κ1) is 20.1. The van der Waals surface area contributed by atoms with Crippen LogP contribution in [-0.2, 0) is 26.0 Å². The number of amides is 3. The molecule has 0 radical (unpaired) electrons. The number of ether oxygens (including phenoxy) is 1. The van der Waals surface area contributed by atoms with E-state index in [0.29, 0.717) is 16.5 Å². The van der Waals surface area contributed by atoms with Crippen molar-refractivity contribution in [2.75, 3.05) is 13.1 Å². The van der Waals surface area contributed by atoms with Crippen LogP contribution in [0.15, 0.2) is 18.3 Å². The lowest BCUT2D eigenvalue weighted by Gasteiger charge is -2.21. The van der Waals surface area contributed by atoms with Gasteiger partial charge in [0.2, 0.25) is 0 Å². The van der Waals surface area contributed by atoms with Gasteiger partial charge in [-0.05, 0) is 32.9 Å². The third-order valence-corrected chi connectivity index (χ3v) is 4.18. The van der Waals surface area contributed by atoms with Crippen molar-refractivity contribution in [2.45, 2.75) is 39.0 Å². The van der Waals surface area contributed by atoms with E-state index in [1.54, 1.807) is 39.1 Å². The zero-order valence-corrected chi connectivity index (χ0v) is 16.3. The quantitative estimate of drug-likeness (QED) is 0.666. The molecule has 1 atom stereocenters. The highest BCUT2D eigenvalue weighted by Crippen LogP contribution is 2.27. The fourth-order valence-corrected chi connectivity index (χ4v) is 3.19. The number of alkyl carbamates (subject to hydrolysis) is 1. The van der Waals surface area contributed by atoms with Crippen molar-refractivity contribution in [1.82, 2.24) is 25.1 Å². The lowest BCUT2D eigenvalue weighted by molar-refractivity contribution is -0.0183. The Morgan fingerprint density at radius 3 is 2.79 bits per heavy atom. The van der Waals surface area contributed by atoms with Crippen LogP contribution in [0.1, 0.15) is 26.5 Å². The molecule has 1 saturated heterocycles. The number of aromatic nitrogens is 2. The third kappa shape index (κ3) is 4.79. The molecule has 3 heterocycles. The van der Waals surface area contributed by atoms with E-state index in [0.717, 1.165) is 0 Å². The molecule has 2 bridgehead atoms. The second kappa shape index (κ2) is 7.07. The minimum absolute atomic E-state index is 0.152. The Hall–Kier alpha value is -2.64. The molecule has 3 amide bonds. The standard InChI is InChI=1S/C15H21N5O7S/c1-15(2,3)26-13(21)16-7-10-4-5-19(17-10)11-6-12-9-18(8-11)14(22)20(12)27-28(23,24)25/h4-6,12H,7-9H2,1-3H3,(H,16,21)(H,23,24,25). The second-order valence-electron chi connectivity index (χ2n) is 7.32. The Morgan fingerprint density at radius 1 is 1.43 bits per heavy atom. The van der Waals surface area contributed by atoms with Crippen LogP contribution in [0, 0.1) is 0 Å². The Kier molecular flexibility index (Phi) is 5.08. The molecular weight excluding hydrogens is 394 g/mol. The van der Waals surface area contributed by atoms with Crippen LogP contribution in [-0.4, -0.2) is 69.6 Å². The molecule has 1 aromatic rings. The number of rotatable bonds is 5. The van der Waals surface area contributed by atoms with Crippen LogP contribution in [0.25, 0.3) is 5.70 Å². The zero-order valence-electron chi connectivity index (χ0n) is 15.5. The van der Waals surface area contributed by atoms with Gasteiger partial charge in [0.15, 0.2) is 0 Å². The van der Waals surface area contributed by atoms with Crippen molar-refractivity contribution in [1.29, 1.82) is 0 Å². The maximum atomic E-state index is 12.2. The van der Waals surface area contributed by atoms with E-state index in [2.05, 4.69) is 14.7 Å². The zero-order chi connectivity index (χ0) is 20.7. The van der Waals surface area contributed by atoms with Crippen molar-refractivity contribution in [3.05, 3.63) is 24.0 Å². The summed E-state index contributed by atoms with van der Waals surface area (Å²) in [6, 6.07) is 0.330. The summed E-state index contributed by atoms with van der Waals surface area (Å²) in [6.45, 7) is 5.84. The summed E-state index contributed by atoms with van der Waals surface area (Å²) in [5, 5.41) is 7.54. The summed E-state index contributed by atoms with van der Waals surface area (Å²) >= 11 is 0. The Morgan fingerprint density at radius 2 is 2.14 bits per heavy atom. The number of fused-ring (bicyclic) bond motifs is 2. The number of nitrogens with one attached hydrogen (secondary N) is 1. The third-order valence-electron chi connectivity index (χ3n) is 3.83. The van der Waals surface area contributed by atoms with Gasteiger partial charge in [0.25, 0.3) is 0 Å². The van der Waals surface area contributed by atoms with Gasteiger partial charge in [-0.1, -0.05) is 0 Å². The van der Waals surface area contributed by atoms with Gasteiger partial charge in [0.1, 0.15) is 11.6 Å². The van der Waals surface area contributed by atoms with Gasteiger partial charge in [0, 0.05) is 12.7 Å². The number of nitrogens with zero attached hydrogens (tertiary/aromatic N) is 4. The fourth-order valence-electron chi connectivity index (χ4n) is 2.81. The molecule has 1 aromatic heterocycles. The number of hydrogen-bond donors (Lipinski definition) is 2. The summed E-state index contributed by atoms with van der Waals surface area (Å²) in [5.74, 6) is 0. The first-order chi connectivity index (χ1) is 12.9. The summed E-state index contributed by atoms with van der Waals surface area (Å²) in [7, 11) is -4.81. The van der Waals surface area contributed by atoms with Crippen LogP contribution < -0.4 is 5.32 Å². The first-order valence-electron chi connectivity index (χ1n) is 8.39. The predicted molar refractivity (Wildman–Crippen MR) is 94.8 cm³/mol. The minimum Gasteiger partial charge on any atom is -0.444 e. The second-order valence-corrected chi connectivity index (χ2v) is 8.33. The molecule has 12 nitrogen and oxygen atoms in total. The Balaban J connectivity index is 1.66. The van der Waals surface area contributed by atoms with Gasteiger partial charge in [-0.15, -0.1) is 4.28 Å².